The molecule has 6 amide bonds. The Hall–Kier alpha value is -6.20. The van der Waals surface area contributed by atoms with Crippen LogP contribution in [0.3, 0.4) is 0 Å². The maximum Gasteiger partial charge on any atom is 0.417 e. The van der Waals surface area contributed by atoms with Crippen LogP contribution in [0.25, 0.3) is 0 Å². The smallest absolute Gasteiger partial charge is 0.417 e. The predicted octanol–water partition coefficient (Wildman–Crippen LogP) is 5.23. The summed E-state index contributed by atoms with van der Waals surface area (Å²) in [6.07, 6.45) is 6.38. The van der Waals surface area contributed by atoms with E-state index in [0.29, 0.717) is 57.9 Å². The minimum absolute atomic E-state index is 0.0152. The van der Waals surface area contributed by atoms with E-state index >= 15 is 4.39 Å². The summed E-state index contributed by atoms with van der Waals surface area (Å²) < 4.78 is 97.2. The number of carbonyl (C=O) groups excluding carboxylic acids is 6. The van der Waals surface area contributed by atoms with Crippen molar-refractivity contribution in [2.75, 3.05) is 45.3 Å². The average molecular weight is 1070 g/mol. The summed E-state index contributed by atoms with van der Waals surface area (Å²) >= 11 is 0. The first-order valence-corrected chi connectivity index (χ1v) is 26.0. The lowest BCUT2D eigenvalue weighted by atomic mass is 9.77. The van der Waals surface area contributed by atoms with Crippen LogP contribution in [0.1, 0.15) is 113 Å². The topological polar surface area (TPSA) is 242 Å². The van der Waals surface area contributed by atoms with Crippen LogP contribution in [-0.2, 0) is 38.2 Å². The molecule has 4 heterocycles. The second-order valence-corrected chi connectivity index (χ2v) is 20.5. The van der Waals surface area contributed by atoms with Gasteiger partial charge in [0.05, 0.1) is 37.3 Å². The number of aromatic nitrogens is 1. The molecule has 1 aromatic heterocycles. The fourth-order valence-corrected chi connectivity index (χ4v) is 11.0. The van der Waals surface area contributed by atoms with Crippen molar-refractivity contribution in [2.45, 2.75) is 146 Å². The number of ether oxygens (including phenoxy) is 4. The van der Waals surface area contributed by atoms with E-state index in [2.05, 4.69) is 31.6 Å². The molecular formula is C53H69F5N8O10. The normalized spacial score (nSPS) is 28.5. The van der Waals surface area contributed by atoms with Gasteiger partial charge >= 0.3 is 6.18 Å². The molecule has 18 nitrogen and oxygen atoms in total. The molecule has 0 radical (unpaired) electrons. The van der Waals surface area contributed by atoms with Crippen LogP contribution < -0.4 is 37.1 Å². The van der Waals surface area contributed by atoms with E-state index in [0.717, 1.165) is 56.5 Å². The fourth-order valence-electron chi connectivity index (χ4n) is 11.0. The summed E-state index contributed by atoms with van der Waals surface area (Å²) in [6.45, 7) is 4.50. The third kappa shape index (κ3) is 13.7. The second kappa shape index (κ2) is 25.3. The van der Waals surface area contributed by atoms with Gasteiger partial charge in [0.15, 0.2) is 17.2 Å². The number of nitrogens with two attached hydrogens (primary N) is 1. The van der Waals surface area contributed by atoms with Crippen LogP contribution >= 0.6 is 0 Å². The van der Waals surface area contributed by atoms with Gasteiger partial charge in [-0.3, -0.25) is 33.8 Å². The number of alkyl halides is 3. The van der Waals surface area contributed by atoms with Crippen LogP contribution in [0.2, 0.25) is 0 Å². The van der Waals surface area contributed by atoms with Gasteiger partial charge in [-0.1, -0.05) is 19.1 Å². The molecule has 3 aliphatic heterocycles. The Labute approximate surface area is 438 Å². The number of nitrogens with zero attached hydrogens (tertiary/aromatic N) is 2. The number of amides is 6. The largest absolute Gasteiger partial charge is 0.488 e. The molecule has 76 heavy (non-hydrogen) atoms. The Morgan fingerprint density at radius 2 is 1.58 bits per heavy atom. The van der Waals surface area contributed by atoms with Gasteiger partial charge in [-0.2, -0.15) is 17.6 Å². The zero-order valence-electron chi connectivity index (χ0n) is 43.2. The summed E-state index contributed by atoms with van der Waals surface area (Å²) in [4.78, 5) is 82.4. The van der Waals surface area contributed by atoms with E-state index in [9.17, 15) is 46.3 Å². The van der Waals surface area contributed by atoms with Gasteiger partial charge in [0, 0.05) is 80.3 Å². The van der Waals surface area contributed by atoms with E-state index in [1.807, 2.05) is 25.3 Å². The highest BCUT2D eigenvalue weighted by atomic mass is 19.4. The van der Waals surface area contributed by atoms with Gasteiger partial charge in [0.1, 0.15) is 18.4 Å². The Morgan fingerprint density at radius 1 is 0.908 bits per heavy atom. The molecule has 2 aliphatic carbocycles. The van der Waals surface area contributed by atoms with E-state index in [-0.39, 0.29) is 90.3 Å². The van der Waals surface area contributed by atoms with Crippen molar-refractivity contribution in [2.24, 2.45) is 23.5 Å². The summed E-state index contributed by atoms with van der Waals surface area (Å²) in [7, 11) is 1.74. The molecule has 0 spiro atoms. The Morgan fingerprint density at radius 3 is 2.25 bits per heavy atom. The lowest BCUT2D eigenvalue weighted by Gasteiger charge is -2.32. The van der Waals surface area contributed by atoms with Gasteiger partial charge in [-0.25, -0.2) is 4.39 Å². The van der Waals surface area contributed by atoms with Gasteiger partial charge in [0.2, 0.25) is 29.4 Å². The molecule has 1 aromatic carbocycles. The van der Waals surface area contributed by atoms with Crippen molar-refractivity contribution in [3.8, 4) is 5.75 Å². The number of carbonyl (C=O) groups is 6. The Balaban J connectivity index is 0.778. The standard InChI is InChI=1S/C53H69F5N8O10/c1-29-43(47(76-52(29,3)53(56,57)58)51(72)65-33-19-21-61-40(27-33)48(59)69)37-17-18-39(54)44(55)46(37)75-26-23-62-49(70)31-9-11-32(12-10-31)64-41(67)8-6-24-73-34-13-15-35(16-14-34)74-25-22-63-50(71)38-28-42(68)66(4)45(38)36-7-5-20-60-30(36)2/h5,7,17-21,27,29-32,34-35,38,43,45,47,60H,6,8-16,22-26,28H2,1-4H3,(H2,59,69)(H,62,70)(H,63,71)(H,64,67)(H,61,65,72)/t29-,30?,31?,32?,34?,35?,38-,43-,45+,47+,52+/m0/s1. The lowest BCUT2D eigenvalue weighted by Crippen LogP contribution is -2.47. The van der Waals surface area contributed by atoms with E-state index in [1.54, 1.807) is 11.9 Å². The van der Waals surface area contributed by atoms with E-state index < -0.39 is 77.4 Å². The third-order valence-electron chi connectivity index (χ3n) is 15.5. The van der Waals surface area contributed by atoms with Gasteiger partial charge in [0.25, 0.3) is 11.8 Å². The number of hydrogen-bond donors (Lipinski definition) is 6. The zero-order chi connectivity index (χ0) is 54.9. The molecule has 2 saturated heterocycles. The SMILES string of the molecule is CC1NC=CC=C1[C@@H]1[C@@H](C(=O)NCCOC2CCC(OCCCC(=O)NC3CCC(C(=O)NCCOc4c([C@H]5[C@H](C(=O)Nc6ccnc(C(N)=O)c6)O[C@@](C)(C(F)(F)F)[C@H]5C)ccc(F)c4F)CC3)CC2)CC(=O)N1C. The summed E-state index contributed by atoms with van der Waals surface area (Å²) in [6, 6.07) is 3.72. The van der Waals surface area contributed by atoms with Crippen LogP contribution in [0.5, 0.6) is 5.75 Å². The van der Waals surface area contributed by atoms with Crippen molar-refractivity contribution >= 4 is 41.1 Å². The number of allylic oxidation sites excluding steroid dienone is 2. The summed E-state index contributed by atoms with van der Waals surface area (Å²) in [5.74, 6) is -10.2. The molecular weight excluding hydrogens is 1000 g/mol. The number of dihydropyridines is 1. The maximum atomic E-state index is 15.5. The van der Waals surface area contributed by atoms with Crippen LogP contribution in [0.15, 0.2) is 54.4 Å². The fraction of sp³-hybridized carbons (Fsp3) is 0.604. The van der Waals surface area contributed by atoms with Crippen molar-refractivity contribution in [1.82, 2.24) is 31.2 Å². The number of anilines is 1. The molecule has 7 N–H and O–H groups in total. The van der Waals surface area contributed by atoms with Gasteiger partial charge < -0.3 is 56.2 Å². The van der Waals surface area contributed by atoms with Crippen LogP contribution in [-0.4, -0.2) is 133 Å². The zero-order valence-corrected chi connectivity index (χ0v) is 43.2. The van der Waals surface area contributed by atoms with Crippen molar-refractivity contribution in [3.05, 3.63) is 77.3 Å². The number of pyridine rings is 1. The molecule has 2 aromatic rings. The third-order valence-corrected chi connectivity index (χ3v) is 15.5. The van der Waals surface area contributed by atoms with Crippen LogP contribution in [0, 0.1) is 29.4 Å². The highest BCUT2D eigenvalue weighted by Gasteiger charge is 2.66. The highest BCUT2D eigenvalue weighted by Crippen LogP contribution is 2.55. The first kappa shape index (κ1) is 57.5. The quantitative estimate of drug-likeness (QED) is 0.0697. The number of likely N-dealkylation sites (N-methyl/N-ethyl adjacent to an activating group) is 1. The lowest BCUT2D eigenvalue weighted by molar-refractivity contribution is -0.272. The van der Waals surface area contributed by atoms with Crippen molar-refractivity contribution < 1.29 is 69.7 Å². The number of halogens is 5. The number of primary amides is 1. The monoisotopic (exact) mass is 1070 g/mol. The molecule has 1 unspecified atom stereocenters. The predicted molar refractivity (Wildman–Crippen MR) is 266 cm³/mol. The van der Waals surface area contributed by atoms with E-state index in [1.165, 1.54) is 13.0 Å². The second-order valence-electron chi connectivity index (χ2n) is 20.5. The summed E-state index contributed by atoms with van der Waals surface area (Å²) in [5.41, 5.74) is 2.83. The first-order chi connectivity index (χ1) is 36.2. The molecule has 23 heteroatoms. The van der Waals surface area contributed by atoms with Crippen LogP contribution in [0.4, 0.5) is 27.6 Å². The first-order valence-electron chi connectivity index (χ1n) is 26.0. The molecule has 5 aliphatic rings. The van der Waals surface area contributed by atoms with Crippen molar-refractivity contribution in [3.63, 3.8) is 0 Å². The molecule has 0 bridgehead atoms. The molecule has 7 rings (SSSR count). The van der Waals surface area contributed by atoms with Gasteiger partial charge in [-0.15, -0.1) is 0 Å². The minimum Gasteiger partial charge on any atom is -0.488 e. The highest BCUT2D eigenvalue weighted by molar-refractivity contribution is 5.97. The average Bonchev–Trinajstić information content (AvgIpc) is 3.87. The molecule has 2 saturated carbocycles. The van der Waals surface area contributed by atoms with E-state index in [4.69, 9.17) is 24.7 Å². The maximum absolute atomic E-state index is 15.5. The number of likely N-dealkylation sites (tertiary alicyclic amines) is 1. The molecule has 7 atom stereocenters. The van der Waals surface area contributed by atoms with Crippen molar-refractivity contribution in [1.29, 1.82) is 0 Å². The molecule has 4 fully saturated rings. The Bertz CT molecular complexity index is 2500. The Kier molecular flexibility index (Phi) is 19.1. The number of nitrogens with one attached hydrogen (secondary N) is 5. The van der Waals surface area contributed by atoms with Gasteiger partial charge in [-0.05, 0) is 108 Å². The number of benzene rings is 1. The number of hydrogen-bond acceptors (Lipinski definition) is 12. The summed E-state index contributed by atoms with van der Waals surface area (Å²) in [5, 5.41) is 14.4. The minimum atomic E-state index is -5.00. The molecule has 416 valence electrons. The number of rotatable bonds is 21.